The van der Waals surface area contributed by atoms with E-state index in [-0.39, 0.29) is 18.4 Å². The predicted molar refractivity (Wildman–Crippen MR) is 67.9 cm³/mol. The smallest absolute Gasteiger partial charge is 0.409 e. The lowest BCUT2D eigenvalue weighted by Crippen LogP contribution is -2.51. The van der Waals surface area contributed by atoms with Crippen molar-refractivity contribution in [3.63, 3.8) is 0 Å². The fraction of sp³-hybridized carbons (Fsp3) is 0.667. The van der Waals surface area contributed by atoms with E-state index in [1.165, 1.54) is 0 Å². The van der Waals surface area contributed by atoms with Crippen molar-refractivity contribution in [2.75, 3.05) is 32.8 Å². The van der Waals surface area contributed by atoms with Crippen molar-refractivity contribution in [1.29, 1.82) is 0 Å². The number of carbonyl (C=O) groups is 2. The fourth-order valence-electron chi connectivity index (χ4n) is 2.01. The van der Waals surface area contributed by atoms with Gasteiger partial charge in [-0.3, -0.25) is 4.79 Å². The van der Waals surface area contributed by atoms with Crippen LogP contribution in [0.25, 0.3) is 0 Å². The molecule has 8 heteroatoms. The van der Waals surface area contributed by atoms with Gasteiger partial charge in [0.05, 0.1) is 6.61 Å². The van der Waals surface area contributed by atoms with Crippen LogP contribution in [-0.4, -0.2) is 64.7 Å². The molecular formula is C12H18N4O4. The van der Waals surface area contributed by atoms with Gasteiger partial charge in [0.15, 0.2) is 5.82 Å². The third-order valence-corrected chi connectivity index (χ3v) is 3.03. The van der Waals surface area contributed by atoms with Gasteiger partial charge in [0, 0.05) is 26.2 Å². The molecule has 2 amide bonds. The normalized spacial score (nSPS) is 15.3. The van der Waals surface area contributed by atoms with Gasteiger partial charge in [-0.25, -0.2) is 4.79 Å². The van der Waals surface area contributed by atoms with Crippen molar-refractivity contribution < 1.29 is 18.8 Å². The van der Waals surface area contributed by atoms with Crippen molar-refractivity contribution in [1.82, 2.24) is 19.9 Å². The van der Waals surface area contributed by atoms with Crippen LogP contribution in [0.2, 0.25) is 0 Å². The summed E-state index contributed by atoms with van der Waals surface area (Å²) >= 11 is 0. The number of hydrogen-bond donors (Lipinski definition) is 0. The van der Waals surface area contributed by atoms with Gasteiger partial charge in [-0.05, 0) is 13.8 Å². The number of aromatic nitrogens is 2. The van der Waals surface area contributed by atoms with Crippen LogP contribution in [-0.2, 0) is 16.0 Å². The Bertz CT molecular complexity index is 480. The highest BCUT2D eigenvalue weighted by Crippen LogP contribution is 2.07. The lowest BCUT2D eigenvalue weighted by atomic mass is 10.3. The molecule has 1 aromatic heterocycles. The second kappa shape index (κ2) is 6.36. The molecular weight excluding hydrogens is 264 g/mol. The van der Waals surface area contributed by atoms with Crippen molar-refractivity contribution in [3.05, 3.63) is 11.7 Å². The lowest BCUT2D eigenvalue weighted by Gasteiger charge is -2.33. The van der Waals surface area contributed by atoms with E-state index in [0.29, 0.717) is 44.5 Å². The molecule has 2 rings (SSSR count). The second-order valence-electron chi connectivity index (χ2n) is 4.48. The van der Waals surface area contributed by atoms with Crippen LogP contribution in [0.15, 0.2) is 4.52 Å². The monoisotopic (exact) mass is 282 g/mol. The fourth-order valence-corrected chi connectivity index (χ4v) is 2.01. The number of rotatable bonds is 3. The average Bonchev–Trinajstić information content (AvgIpc) is 2.84. The molecule has 20 heavy (non-hydrogen) atoms. The maximum Gasteiger partial charge on any atom is 0.409 e. The topological polar surface area (TPSA) is 88.8 Å². The molecule has 1 aromatic rings. The molecule has 1 aliphatic heterocycles. The highest BCUT2D eigenvalue weighted by Gasteiger charge is 2.25. The number of piperazine rings is 1. The van der Waals surface area contributed by atoms with E-state index in [1.54, 1.807) is 23.6 Å². The summed E-state index contributed by atoms with van der Waals surface area (Å²) in [5, 5.41) is 3.64. The van der Waals surface area contributed by atoms with E-state index in [4.69, 9.17) is 9.26 Å². The van der Waals surface area contributed by atoms with Gasteiger partial charge >= 0.3 is 6.09 Å². The summed E-state index contributed by atoms with van der Waals surface area (Å²) < 4.78 is 9.85. The maximum absolute atomic E-state index is 12.0. The summed E-state index contributed by atoms with van der Waals surface area (Å²) in [5.74, 6) is 0.761. The summed E-state index contributed by atoms with van der Waals surface area (Å²) in [4.78, 5) is 30.9. The molecule has 2 heterocycles. The molecule has 0 bridgehead atoms. The summed E-state index contributed by atoms with van der Waals surface area (Å²) in [7, 11) is 0. The van der Waals surface area contributed by atoms with Crippen LogP contribution in [0.4, 0.5) is 4.79 Å². The number of amides is 2. The Kier molecular flexibility index (Phi) is 4.54. The van der Waals surface area contributed by atoms with E-state index in [1.807, 2.05) is 0 Å². The Morgan fingerprint density at radius 3 is 2.45 bits per heavy atom. The van der Waals surface area contributed by atoms with Gasteiger partial charge in [0.1, 0.15) is 6.42 Å². The minimum absolute atomic E-state index is 0.0721. The van der Waals surface area contributed by atoms with Gasteiger partial charge < -0.3 is 19.1 Å². The Morgan fingerprint density at radius 1 is 1.25 bits per heavy atom. The van der Waals surface area contributed by atoms with Crippen LogP contribution in [0, 0.1) is 6.92 Å². The molecule has 0 unspecified atom stereocenters. The molecule has 1 fully saturated rings. The van der Waals surface area contributed by atoms with Crippen molar-refractivity contribution in [2.24, 2.45) is 0 Å². The van der Waals surface area contributed by atoms with Crippen molar-refractivity contribution >= 4 is 12.0 Å². The zero-order chi connectivity index (χ0) is 14.5. The lowest BCUT2D eigenvalue weighted by molar-refractivity contribution is -0.132. The molecule has 110 valence electrons. The van der Waals surface area contributed by atoms with Crippen LogP contribution in [0.1, 0.15) is 18.6 Å². The molecule has 1 saturated heterocycles. The van der Waals surface area contributed by atoms with Gasteiger partial charge in [0.25, 0.3) is 0 Å². The van der Waals surface area contributed by atoms with E-state index < -0.39 is 0 Å². The maximum atomic E-state index is 12.0. The number of nitrogens with zero attached hydrogens (tertiary/aromatic N) is 4. The Hall–Kier alpha value is -2.12. The first-order valence-corrected chi connectivity index (χ1v) is 6.58. The average molecular weight is 282 g/mol. The summed E-state index contributed by atoms with van der Waals surface area (Å²) in [6.07, 6.45) is -0.229. The van der Waals surface area contributed by atoms with E-state index in [9.17, 15) is 9.59 Å². The Balaban J connectivity index is 1.81. The van der Waals surface area contributed by atoms with Crippen LogP contribution >= 0.6 is 0 Å². The van der Waals surface area contributed by atoms with Crippen LogP contribution < -0.4 is 0 Å². The number of ether oxygens (including phenoxy) is 1. The molecule has 1 aliphatic rings. The predicted octanol–water partition coefficient (Wildman–Crippen LogP) is 0.221. The highest BCUT2D eigenvalue weighted by atomic mass is 16.6. The quantitative estimate of drug-likeness (QED) is 0.788. The first-order valence-electron chi connectivity index (χ1n) is 6.58. The van der Waals surface area contributed by atoms with Crippen LogP contribution in [0.5, 0.6) is 0 Å². The zero-order valence-corrected chi connectivity index (χ0v) is 11.7. The van der Waals surface area contributed by atoms with Gasteiger partial charge in [-0.2, -0.15) is 4.98 Å². The molecule has 0 aliphatic carbocycles. The molecule has 0 atom stereocenters. The summed E-state index contributed by atoms with van der Waals surface area (Å²) in [5.41, 5.74) is 0. The number of hydrogen-bond acceptors (Lipinski definition) is 6. The van der Waals surface area contributed by atoms with Gasteiger partial charge in [-0.1, -0.05) is 5.16 Å². The van der Waals surface area contributed by atoms with E-state index in [0.717, 1.165) is 0 Å². The SMILES string of the molecule is CCOC(=O)N1CCN(C(=O)Cc2nc(C)no2)CC1. The number of carbonyl (C=O) groups excluding carboxylic acids is 2. The molecule has 0 N–H and O–H groups in total. The minimum atomic E-state index is -0.327. The van der Waals surface area contributed by atoms with Crippen molar-refractivity contribution in [2.45, 2.75) is 20.3 Å². The Labute approximate surface area is 116 Å². The van der Waals surface area contributed by atoms with Gasteiger partial charge in [0.2, 0.25) is 11.8 Å². The molecule has 0 saturated carbocycles. The van der Waals surface area contributed by atoms with Gasteiger partial charge in [-0.15, -0.1) is 0 Å². The molecule has 8 nitrogen and oxygen atoms in total. The molecule has 0 spiro atoms. The minimum Gasteiger partial charge on any atom is -0.450 e. The first kappa shape index (κ1) is 14.3. The van der Waals surface area contributed by atoms with Crippen LogP contribution in [0.3, 0.4) is 0 Å². The molecule has 0 radical (unpaired) electrons. The Morgan fingerprint density at radius 2 is 1.90 bits per heavy atom. The number of aryl methyl sites for hydroxylation is 1. The molecule has 0 aromatic carbocycles. The summed E-state index contributed by atoms with van der Waals surface area (Å²) in [6.45, 7) is 5.77. The third-order valence-electron chi connectivity index (χ3n) is 3.03. The van der Waals surface area contributed by atoms with E-state index in [2.05, 4.69) is 10.1 Å². The zero-order valence-electron chi connectivity index (χ0n) is 11.7. The van der Waals surface area contributed by atoms with E-state index >= 15 is 0 Å². The third kappa shape index (κ3) is 3.46. The van der Waals surface area contributed by atoms with Crippen molar-refractivity contribution in [3.8, 4) is 0 Å². The standard InChI is InChI=1S/C12H18N4O4/c1-3-19-12(18)16-6-4-15(5-7-16)11(17)8-10-13-9(2)14-20-10/h3-8H2,1-2H3. The summed E-state index contributed by atoms with van der Waals surface area (Å²) in [6, 6.07) is 0. The highest BCUT2D eigenvalue weighted by molar-refractivity contribution is 5.78. The second-order valence-corrected chi connectivity index (χ2v) is 4.48. The first-order chi connectivity index (χ1) is 9.60. The largest absolute Gasteiger partial charge is 0.450 e.